The zero-order valence-electron chi connectivity index (χ0n) is 6.33. The molecule has 62 valence electrons. The molecule has 1 atom stereocenters. The van der Waals surface area contributed by atoms with E-state index in [9.17, 15) is 8.42 Å². The van der Waals surface area contributed by atoms with Crippen LogP contribution in [0.2, 0.25) is 0 Å². The second-order valence-corrected chi connectivity index (χ2v) is 4.79. The number of hydrogen-bond donors (Lipinski definition) is 0. The Balaban J connectivity index is 4.23. The smallest absolute Gasteiger partial charge is 0.195 e. The zero-order chi connectivity index (χ0) is 8.36. The van der Waals surface area contributed by atoms with E-state index in [1.54, 1.807) is 6.92 Å². The van der Waals surface area contributed by atoms with Crippen molar-refractivity contribution < 1.29 is 8.42 Å². The predicted octanol–water partition coefficient (Wildman–Crippen LogP) is 1.20. The van der Waals surface area contributed by atoms with Crippen LogP contribution in [-0.4, -0.2) is 25.8 Å². The van der Waals surface area contributed by atoms with Crippen molar-refractivity contribution in [3.63, 3.8) is 0 Å². The van der Waals surface area contributed by atoms with E-state index < -0.39 is 9.24 Å². The topological polar surface area (TPSA) is 37.4 Å². The first kappa shape index (κ1) is 10.2. The molecule has 0 aliphatic heterocycles. The van der Waals surface area contributed by atoms with E-state index in [0.717, 1.165) is 10.7 Å². The molecule has 0 spiro atoms. The van der Waals surface area contributed by atoms with Gasteiger partial charge in [0.25, 0.3) is 9.24 Å². The van der Waals surface area contributed by atoms with Crippen LogP contribution in [0.4, 0.5) is 0 Å². The van der Waals surface area contributed by atoms with Gasteiger partial charge in [0.15, 0.2) is 0 Å². The second-order valence-electron chi connectivity index (χ2n) is 2.22. The highest BCUT2D eigenvalue weighted by atomic mass is 35.7. The van der Waals surface area contributed by atoms with Crippen LogP contribution in [0.3, 0.4) is 0 Å². The third-order valence-corrected chi connectivity index (χ3v) is 3.26. The molecule has 0 saturated heterocycles. The highest BCUT2D eigenvalue weighted by molar-refractivity contribution is 8.11. The first-order valence-electron chi connectivity index (χ1n) is 3.07. The van der Waals surface area contributed by atoms with Gasteiger partial charge in [-0.3, -0.25) is 0 Å². The van der Waals surface area contributed by atoms with E-state index in [4.69, 9.17) is 10.7 Å². The Labute approximate surface area is 66.5 Å². The molecule has 0 heterocycles. The molecule has 0 aromatic rings. The SMILES string of the molecule is CCC(C)N(C)S(=O)(=O)Cl. The highest BCUT2D eigenvalue weighted by Gasteiger charge is 2.18. The monoisotopic (exact) mass is 185 g/mol. The molecule has 1 unspecified atom stereocenters. The third-order valence-electron chi connectivity index (χ3n) is 1.56. The van der Waals surface area contributed by atoms with Gasteiger partial charge in [0.05, 0.1) is 0 Å². The van der Waals surface area contributed by atoms with E-state index in [-0.39, 0.29) is 6.04 Å². The van der Waals surface area contributed by atoms with Crippen molar-refractivity contribution >= 4 is 19.9 Å². The van der Waals surface area contributed by atoms with E-state index in [0.29, 0.717) is 0 Å². The minimum absolute atomic E-state index is 0.0255. The molecular weight excluding hydrogens is 174 g/mol. The van der Waals surface area contributed by atoms with Crippen LogP contribution in [-0.2, 0) is 9.24 Å². The van der Waals surface area contributed by atoms with Gasteiger partial charge in [0.1, 0.15) is 0 Å². The Morgan fingerprint density at radius 1 is 1.60 bits per heavy atom. The van der Waals surface area contributed by atoms with Gasteiger partial charge in [0, 0.05) is 23.8 Å². The molecule has 0 radical (unpaired) electrons. The van der Waals surface area contributed by atoms with Gasteiger partial charge >= 0.3 is 0 Å². The van der Waals surface area contributed by atoms with Gasteiger partial charge in [-0.1, -0.05) is 6.92 Å². The second kappa shape index (κ2) is 3.55. The van der Waals surface area contributed by atoms with Crippen molar-refractivity contribution in [1.82, 2.24) is 4.31 Å². The van der Waals surface area contributed by atoms with Crippen LogP contribution in [0.15, 0.2) is 0 Å². The molecule has 0 aliphatic rings. The predicted molar refractivity (Wildman–Crippen MR) is 42.3 cm³/mol. The van der Waals surface area contributed by atoms with Crippen LogP contribution in [0.25, 0.3) is 0 Å². The van der Waals surface area contributed by atoms with Crippen LogP contribution < -0.4 is 0 Å². The zero-order valence-corrected chi connectivity index (χ0v) is 7.91. The van der Waals surface area contributed by atoms with Gasteiger partial charge < -0.3 is 0 Å². The summed E-state index contributed by atoms with van der Waals surface area (Å²) in [6.07, 6.45) is 0.766. The van der Waals surface area contributed by atoms with E-state index in [2.05, 4.69) is 0 Å². The molecule has 0 aliphatic carbocycles. The van der Waals surface area contributed by atoms with Crippen LogP contribution >= 0.6 is 10.7 Å². The summed E-state index contributed by atoms with van der Waals surface area (Å²) in [5.41, 5.74) is 0. The maximum absolute atomic E-state index is 10.6. The van der Waals surface area contributed by atoms with Gasteiger partial charge in [-0.05, 0) is 13.3 Å². The summed E-state index contributed by atoms with van der Waals surface area (Å²) >= 11 is 0. The lowest BCUT2D eigenvalue weighted by atomic mass is 10.3. The number of nitrogens with zero attached hydrogens (tertiary/aromatic N) is 1. The van der Waals surface area contributed by atoms with Gasteiger partial charge in [-0.15, -0.1) is 0 Å². The largest absolute Gasteiger partial charge is 0.299 e. The molecule has 0 bridgehead atoms. The molecule has 0 aromatic heterocycles. The summed E-state index contributed by atoms with van der Waals surface area (Å²) in [7, 11) is 3.02. The van der Waals surface area contributed by atoms with Crippen molar-refractivity contribution in [2.75, 3.05) is 7.05 Å². The minimum atomic E-state index is -3.51. The Morgan fingerprint density at radius 3 is 2.10 bits per heavy atom. The van der Waals surface area contributed by atoms with E-state index in [1.165, 1.54) is 7.05 Å². The fourth-order valence-corrected chi connectivity index (χ4v) is 1.46. The highest BCUT2D eigenvalue weighted by Crippen LogP contribution is 2.09. The van der Waals surface area contributed by atoms with Crippen molar-refractivity contribution in [1.29, 1.82) is 0 Å². The normalized spacial score (nSPS) is 15.7. The van der Waals surface area contributed by atoms with Crippen LogP contribution in [0.5, 0.6) is 0 Å². The quantitative estimate of drug-likeness (QED) is 0.620. The molecule has 0 amide bonds. The van der Waals surface area contributed by atoms with Gasteiger partial charge in [-0.2, -0.15) is 12.7 Å². The molecule has 0 rings (SSSR count). The molecular formula is C5H12ClNO2S. The molecule has 0 fully saturated rings. The average Bonchev–Trinajstić information content (AvgIpc) is 1.83. The van der Waals surface area contributed by atoms with Gasteiger partial charge in [-0.25, -0.2) is 0 Å². The Morgan fingerprint density at radius 2 is 2.00 bits per heavy atom. The van der Waals surface area contributed by atoms with Crippen LogP contribution in [0.1, 0.15) is 20.3 Å². The Hall–Kier alpha value is 0.200. The lowest BCUT2D eigenvalue weighted by molar-refractivity contribution is 0.389. The molecule has 0 aromatic carbocycles. The fourth-order valence-electron chi connectivity index (χ4n) is 0.472. The first-order chi connectivity index (χ1) is 4.39. The third kappa shape index (κ3) is 2.86. The van der Waals surface area contributed by atoms with Gasteiger partial charge in [0.2, 0.25) is 0 Å². The maximum atomic E-state index is 10.6. The molecule has 0 saturated carbocycles. The number of rotatable bonds is 3. The summed E-state index contributed by atoms with van der Waals surface area (Å²) in [5.74, 6) is 0. The summed E-state index contributed by atoms with van der Waals surface area (Å²) in [5, 5.41) is 0. The summed E-state index contributed by atoms with van der Waals surface area (Å²) in [4.78, 5) is 0. The lowest BCUT2D eigenvalue weighted by Crippen LogP contribution is -2.31. The summed E-state index contributed by atoms with van der Waals surface area (Å²) in [6, 6.07) is -0.0255. The average molecular weight is 186 g/mol. The molecule has 0 N–H and O–H groups in total. The van der Waals surface area contributed by atoms with E-state index >= 15 is 0 Å². The Kier molecular flexibility index (Phi) is 3.62. The molecule has 5 heteroatoms. The summed E-state index contributed by atoms with van der Waals surface area (Å²) < 4.78 is 22.4. The minimum Gasteiger partial charge on any atom is -0.195 e. The Bertz CT molecular complexity index is 190. The molecule has 3 nitrogen and oxygen atoms in total. The molecule has 10 heavy (non-hydrogen) atoms. The maximum Gasteiger partial charge on any atom is 0.299 e. The van der Waals surface area contributed by atoms with Crippen molar-refractivity contribution in [2.24, 2.45) is 0 Å². The van der Waals surface area contributed by atoms with Crippen molar-refractivity contribution in [3.05, 3.63) is 0 Å². The van der Waals surface area contributed by atoms with Crippen molar-refractivity contribution in [2.45, 2.75) is 26.3 Å². The fraction of sp³-hybridized carbons (Fsp3) is 1.00. The number of halogens is 1. The standard InChI is InChI=1S/C5H12ClNO2S/c1-4-5(2)7(3)10(6,8)9/h5H,4H2,1-3H3. The van der Waals surface area contributed by atoms with Crippen molar-refractivity contribution in [3.8, 4) is 0 Å². The van der Waals surface area contributed by atoms with Crippen LogP contribution in [0, 0.1) is 0 Å². The lowest BCUT2D eigenvalue weighted by Gasteiger charge is -2.18. The van der Waals surface area contributed by atoms with E-state index in [1.807, 2.05) is 6.92 Å². The summed E-state index contributed by atoms with van der Waals surface area (Å²) in [6.45, 7) is 3.71. The first-order valence-corrected chi connectivity index (χ1v) is 5.33. The number of hydrogen-bond acceptors (Lipinski definition) is 2.